The molecule has 0 bridgehead atoms. The van der Waals surface area contributed by atoms with Gasteiger partial charge in [0.1, 0.15) is 17.5 Å². The zero-order chi connectivity index (χ0) is 23.6. The minimum Gasteiger partial charge on any atom is -0.444 e. The number of nitrogens with zero attached hydrogens (tertiary/aromatic N) is 2. The van der Waals surface area contributed by atoms with Crippen LogP contribution in [0.2, 0.25) is 0 Å². The lowest BCUT2D eigenvalue weighted by atomic mass is 9.87. The number of carbonyl (C=O) groups excluding carboxylic acids is 2. The molecule has 2 heterocycles. The number of carbonyl (C=O) groups is 2. The Morgan fingerprint density at radius 2 is 1.76 bits per heavy atom. The van der Waals surface area contributed by atoms with E-state index in [0.717, 1.165) is 17.5 Å². The normalized spacial score (nSPS) is 21.2. The van der Waals surface area contributed by atoms with Crippen LogP contribution in [-0.2, 0) is 20.7 Å². The van der Waals surface area contributed by atoms with Gasteiger partial charge in [-0.3, -0.25) is 4.79 Å². The van der Waals surface area contributed by atoms with Crippen molar-refractivity contribution in [3.05, 3.63) is 71.0 Å². The molecule has 2 aliphatic rings. The third-order valence-electron chi connectivity index (χ3n) is 6.02. The quantitative estimate of drug-likeness (QED) is 0.678. The molecule has 176 valence electrons. The van der Waals surface area contributed by atoms with Gasteiger partial charge in [-0.2, -0.15) is 0 Å². The Labute approximate surface area is 194 Å². The molecule has 0 saturated carbocycles. The Kier molecular flexibility index (Phi) is 6.70. The van der Waals surface area contributed by atoms with Crippen molar-refractivity contribution in [2.24, 2.45) is 0 Å². The lowest BCUT2D eigenvalue weighted by molar-refractivity contribution is -0.145. The molecule has 0 aromatic heterocycles. The summed E-state index contributed by atoms with van der Waals surface area (Å²) in [4.78, 5) is 29.6. The SMILES string of the molecule is CC(C)(C)OC(=O)N1CCOC(C(=O)N2CCc3ccccc3[C@@H]2c2ccc(F)cc2)CC1. The van der Waals surface area contributed by atoms with Crippen LogP contribution in [0.25, 0.3) is 0 Å². The number of benzene rings is 2. The molecular weight excluding hydrogens is 423 g/mol. The minimum atomic E-state index is -0.648. The summed E-state index contributed by atoms with van der Waals surface area (Å²) in [6.45, 7) is 7.06. The molecule has 7 heteroatoms. The summed E-state index contributed by atoms with van der Waals surface area (Å²) < 4.78 is 25.0. The van der Waals surface area contributed by atoms with Crippen LogP contribution >= 0.6 is 0 Å². The highest BCUT2D eigenvalue weighted by Gasteiger charge is 2.37. The van der Waals surface area contributed by atoms with Crippen molar-refractivity contribution in [2.45, 2.75) is 51.4 Å². The van der Waals surface area contributed by atoms with Crippen LogP contribution in [0.4, 0.5) is 9.18 Å². The molecule has 1 saturated heterocycles. The Bertz CT molecular complexity index is 1000. The van der Waals surface area contributed by atoms with Crippen LogP contribution < -0.4 is 0 Å². The Morgan fingerprint density at radius 1 is 1.03 bits per heavy atom. The number of hydrogen-bond donors (Lipinski definition) is 0. The molecule has 2 aromatic rings. The van der Waals surface area contributed by atoms with Gasteiger partial charge >= 0.3 is 6.09 Å². The monoisotopic (exact) mass is 454 g/mol. The summed E-state index contributed by atoms with van der Waals surface area (Å²) in [6.07, 6.45) is 0.101. The molecule has 0 aliphatic carbocycles. The molecule has 1 fully saturated rings. The molecule has 4 rings (SSSR count). The molecule has 0 N–H and O–H groups in total. The van der Waals surface area contributed by atoms with Gasteiger partial charge in [0.2, 0.25) is 0 Å². The van der Waals surface area contributed by atoms with Crippen LogP contribution in [0.15, 0.2) is 48.5 Å². The molecule has 33 heavy (non-hydrogen) atoms. The molecule has 2 aliphatic heterocycles. The number of ether oxygens (including phenoxy) is 2. The van der Waals surface area contributed by atoms with Crippen molar-refractivity contribution in [3.8, 4) is 0 Å². The van der Waals surface area contributed by atoms with Crippen molar-refractivity contribution < 1.29 is 23.5 Å². The summed E-state index contributed by atoms with van der Waals surface area (Å²) in [5, 5.41) is 0. The third kappa shape index (κ3) is 5.36. The van der Waals surface area contributed by atoms with E-state index in [1.807, 2.05) is 43.9 Å². The van der Waals surface area contributed by atoms with Crippen LogP contribution in [0.3, 0.4) is 0 Å². The van der Waals surface area contributed by atoms with Crippen LogP contribution in [0.1, 0.15) is 49.9 Å². The van der Waals surface area contributed by atoms with Crippen molar-refractivity contribution in [1.29, 1.82) is 0 Å². The van der Waals surface area contributed by atoms with E-state index in [1.165, 1.54) is 17.7 Å². The van der Waals surface area contributed by atoms with Crippen LogP contribution in [0, 0.1) is 5.82 Å². The second-order valence-electron chi connectivity index (χ2n) is 9.55. The van der Waals surface area contributed by atoms with Gasteiger partial charge in [0, 0.05) is 26.1 Å². The second-order valence-corrected chi connectivity index (χ2v) is 9.55. The van der Waals surface area contributed by atoms with E-state index in [2.05, 4.69) is 6.07 Å². The van der Waals surface area contributed by atoms with Gasteiger partial charge in [-0.05, 0) is 56.0 Å². The molecular formula is C26H31FN2O4. The summed E-state index contributed by atoms with van der Waals surface area (Å²) in [7, 11) is 0. The van der Waals surface area contributed by atoms with E-state index in [1.54, 1.807) is 17.0 Å². The van der Waals surface area contributed by atoms with Gasteiger partial charge in [-0.25, -0.2) is 9.18 Å². The average molecular weight is 455 g/mol. The summed E-state index contributed by atoms with van der Waals surface area (Å²) >= 11 is 0. The highest BCUT2D eigenvalue weighted by atomic mass is 19.1. The fraction of sp³-hybridized carbons (Fsp3) is 0.462. The molecule has 0 spiro atoms. The summed E-state index contributed by atoms with van der Waals surface area (Å²) in [6, 6.07) is 14.1. The Hall–Kier alpha value is -2.93. The van der Waals surface area contributed by atoms with Gasteiger partial charge in [0.05, 0.1) is 12.6 Å². The largest absolute Gasteiger partial charge is 0.444 e. The van der Waals surface area contributed by atoms with Crippen LogP contribution in [-0.4, -0.2) is 59.7 Å². The summed E-state index contributed by atoms with van der Waals surface area (Å²) in [5.74, 6) is -0.417. The molecule has 2 amide bonds. The molecule has 2 atom stereocenters. The fourth-order valence-electron chi connectivity index (χ4n) is 4.47. The Balaban J connectivity index is 1.54. The lowest BCUT2D eigenvalue weighted by Gasteiger charge is -2.39. The van der Waals surface area contributed by atoms with E-state index in [4.69, 9.17) is 9.47 Å². The molecule has 6 nitrogen and oxygen atoms in total. The maximum absolute atomic E-state index is 13.7. The first-order valence-electron chi connectivity index (χ1n) is 11.5. The van der Waals surface area contributed by atoms with Gasteiger partial charge in [0.15, 0.2) is 0 Å². The predicted octanol–water partition coefficient (Wildman–Crippen LogP) is 4.33. The van der Waals surface area contributed by atoms with E-state index >= 15 is 0 Å². The van der Waals surface area contributed by atoms with Crippen molar-refractivity contribution in [1.82, 2.24) is 9.80 Å². The van der Waals surface area contributed by atoms with Gasteiger partial charge in [-0.15, -0.1) is 0 Å². The average Bonchev–Trinajstić information content (AvgIpc) is 3.04. The third-order valence-corrected chi connectivity index (χ3v) is 6.02. The smallest absolute Gasteiger partial charge is 0.410 e. The minimum absolute atomic E-state index is 0.107. The maximum atomic E-state index is 13.7. The number of amides is 2. The fourth-order valence-corrected chi connectivity index (χ4v) is 4.47. The molecule has 2 aromatic carbocycles. The van der Waals surface area contributed by atoms with Gasteiger partial charge < -0.3 is 19.3 Å². The standard InChI is InChI=1S/C26H31FN2O4/c1-26(2,3)33-25(31)28-14-13-22(32-17-16-28)24(30)29-15-12-18-6-4-5-7-21(18)23(29)19-8-10-20(27)11-9-19/h4-11,22-23H,12-17H2,1-3H3/t22?,23-/m0/s1. The van der Waals surface area contributed by atoms with E-state index in [-0.39, 0.29) is 24.4 Å². The summed E-state index contributed by atoms with van der Waals surface area (Å²) in [5.41, 5.74) is 2.52. The van der Waals surface area contributed by atoms with Gasteiger partial charge in [-0.1, -0.05) is 36.4 Å². The van der Waals surface area contributed by atoms with Crippen molar-refractivity contribution >= 4 is 12.0 Å². The number of hydrogen-bond acceptors (Lipinski definition) is 4. The first-order valence-corrected chi connectivity index (χ1v) is 11.5. The second kappa shape index (κ2) is 9.51. The molecule has 0 radical (unpaired) electrons. The van der Waals surface area contributed by atoms with E-state index < -0.39 is 17.8 Å². The van der Waals surface area contributed by atoms with Crippen molar-refractivity contribution in [3.63, 3.8) is 0 Å². The zero-order valence-electron chi connectivity index (χ0n) is 19.4. The topological polar surface area (TPSA) is 59.1 Å². The molecule has 1 unspecified atom stereocenters. The first-order chi connectivity index (χ1) is 15.7. The highest BCUT2D eigenvalue weighted by molar-refractivity contribution is 5.82. The lowest BCUT2D eigenvalue weighted by Crippen LogP contribution is -2.46. The van der Waals surface area contributed by atoms with Crippen LogP contribution in [0.5, 0.6) is 0 Å². The maximum Gasteiger partial charge on any atom is 0.410 e. The number of halogens is 1. The zero-order valence-corrected chi connectivity index (χ0v) is 19.4. The van der Waals surface area contributed by atoms with Gasteiger partial charge in [0.25, 0.3) is 5.91 Å². The predicted molar refractivity (Wildman–Crippen MR) is 122 cm³/mol. The van der Waals surface area contributed by atoms with E-state index in [9.17, 15) is 14.0 Å². The highest BCUT2D eigenvalue weighted by Crippen LogP contribution is 2.36. The first kappa shape index (κ1) is 23.2. The number of fused-ring (bicyclic) bond motifs is 1. The van der Waals surface area contributed by atoms with E-state index in [0.29, 0.717) is 26.1 Å². The Morgan fingerprint density at radius 3 is 2.48 bits per heavy atom. The number of rotatable bonds is 2. The van der Waals surface area contributed by atoms with Crippen molar-refractivity contribution in [2.75, 3.05) is 26.2 Å².